The number of hydrazine groups is 1. The fraction of sp³-hybridized carbons (Fsp3) is 0.846. The highest BCUT2D eigenvalue weighted by molar-refractivity contribution is 5.13. The maximum absolute atomic E-state index is 5.77. The van der Waals surface area contributed by atoms with Gasteiger partial charge in [0.05, 0.1) is 25.9 Å². The van der Waals surface area contributed by atoms with E-state index in [4.69, 9.17) is 15.3 Å². The van der Waals surface area contributed by atoms with Gasteiger partial charge in [0.1, 0.15) is 5.76 Å². The Balaban J connectivity index is 2.11. The summed E-state index contributed by atoms with van der Waals surface area (Å²) < 4.78 is 11.2. The molecule has 0 radical (unpaired) electrons. The van der Waals surface area contributed by atoms with Gasteiger partial charge in [0.15, 0.2) is 0 Å². The van der Waals surface area contributed by atoms with Gasteiger partial charge in [-0.25, -0.2) is 5.43 Å². The zero-order chi connectivity index (χ0) is 13.0. The largest absolute Gasteiger partial charge is 0.496 e. The van der Waals surface area contributed by atoms with Crippen LogP contribution in [0.3, 0.4) is 0 Å². The Bertz CT molecular complexity index is 299. The molecule has 3 N–H and O–H groups in total. The Morgan fingerprint density at radius 2 is 2.06 bits per heavy atom. The van der Waals surface area contributed by atoms with Crippen molar-refractivity contribution >= 4 is 0 Å². The summed E-state index contributed by atoms with van der Waals surface area (Å²) in [7, 11) is 0. The lowest BCUT2D eigenvalue weighted by Gasteiger charge is -2.46. The molecule has 0 aromatic rings. The molecule has 104 valence electrons. The standard InChI is InChI=1S/C13H25N3O2/c1-13(2,16-6-9-17-10-7-16)12(15-14)11-5-3-4-8-18-11/h5,12,15H,3-4,6-10,14H2,1-2H3. The molecular weight excluding hydrogens is 230 g/mol. The minimum Gasteiger partial charge on any atom is -0.496 e. The van der Waals surface area contributed by atoms with Crippen molar-refractivity contribution in [1.82, 2.24) is 10.3 Å². The van der Waals surface area contributed by atoms with Crippen molar-refractivity contribution in [3.63, 3.8) is 0 Å². The van der Waals surface area contributed by atoms with Crippen molar-refractivity contribution in [2.75, 3.05) is 32.9 Å². The minimum absolute atomic E-state index is 0.0240. The summed E-state index contributed by atoms with van der Waals surface area (Å²) in [6, 6.07) is 0.0240. The van der Waals surface area contributed by atoms with Gasteiger partial charge in [-0.05, 0) is 32.8 Å². The molecule has 1 fully saturated rings. The second kappa shape index (κ2) is 6.02. The van der Waals surface area contributed by atoms with Gasteiger partial charge in [-0.3, -0.25) is 10.7 Å². The summed E-state index contributed by atoms with van der Waals surface area (Å²) in [5, 5.41) is 0. The molecular formula is C13H25N3O2. The van der Waals surface area contributed by atoms with E-state index in [1.807, 2.05) is 0 Å². The summed E-state index contributed by atoms with van der Waals surface area (Å²) in [5.41, 5.74) is 2.85. The summed E-state index contributed by atoms with van der Waals surface area (Å²) >= 11 is 0. The van der Waals surface area contributed by atoms with Gasteiger partial charge in [0.25, 0.3) is 0 Å². The van der Waals surface area contributed by atoms with Crippen molar-refractivity contribution in [2.24, 2.45) is 5.84 Å². The van der Waals surface area contributed by atoms with Crippen molar-refractivity contribution in [3.8, 4) is 0 Å². The summed E-state index contributed by atoms with van der Waals surface area (Å²) in [6.07, 6.45) is 4.34. The third-order valence-electron chi connectivity index (χ3n) is 3.95. The van der Waals surface area contributed by atoms with Crippen LogP contribution in [0.25, 0.3) is 0 Å². The van der Waals surface area contributed by atoms with Gasteiger partial charge in [-0.1, -0.05) is 0 Å². The molecule has 2 aliphatic heterocycles. The zero-order valence-corrected chi connectivity index (χ0v) is 11.4. The molecule has 2 heterocycles. The van der Waals surface area contributed by atoms with Crippen LogP contribution in [0, 0.1) is 0 Å². The Hall–Kier alpha value is -0.620. The normalized spacial score (nSPS) is 24.3. The third kappa shape index (κ3) is 2.85. The smallest absolute Gasteiger partial charge is 0.112 e. The van der Waals surface area contributed by atoms with Crippen molar-refractivity contribution in [3.05, 3.63) is 11.8 Å². The first-order valence-electron chi connectivity index (χ1n) is 6.78. The fourth-order valence-corrected chi connectivity index (χ4v) is 2.73. The highest BCUT2D eigenvalue weighted by atomic mass is 16.5. The molecule has 0 bridgehead atoms. The predicted octanol–water partition coefficient (Wildman–Crippen LogP) is 0.623. The maximum atomic E-state index is 5.77. The number of ether oxygens (including phenoxy) is 2. The average Bonchev–Trinajstić information content (AvgIpc) is 2.41. The van der Waals surface area contributed by atoms with E-state index in [0.717, 1.165) is 51.5 Å². The van der Waals surface area contributed by atoms with E-state index in [1.54, 1.807) is 0 Å². The Labute approximate surface area is 109 Å². The molecule has 18 heavy (non-hydrogen) atoms. The molecule has 1 saturated heterocycles. The van der Waals surface area contributed by atoms with E-state index in [9.17, 15) is 0 Å². The van der Waals surface area contributed by atoms with Gasteiger partial charge in [-0.15, -0.1) is 0 Å². The van der Waals surface area contributed by atoms with E-state index in [0.29, 0.717) is 0 Å². The van der Waals surface area contributed by atoms with Gasteiger partial charge >= 0.3 is 0 Å². The van der Waals surface area contributed by atoms with Crippen LogP contribution in [-0.2, 0) is 9.47 Å². The zero-order valence-electron chi connectivity index (χ0n) is 11.4. The average molecular weight is 255 g/mol. The fourth-order valence-electron chi connectivity index (χ4n) is 2.73. The van der Waals surface area contributed by atoms with Crippen LogP contribution < -0.4 is 11.3 Å². The quantitative estimate of drug-likeness (QED) is 0.570. The topological polar surface area (TPSA) is 59.8 Å². The number of rotatable bonds is 4. The lowest BCUT2D eigenvalue weighted by atomic mass is 9.89. The second-order valence-electron chi connectivity index (χ2n) is 5.45. The SMILES string of the molecule is CC(C)(C(NN)C1=CCCCO1)N1CCOCC1. The van der Waals surface area contributed by atoms with E-state index < -0.39 is 0 Å². The molecule has 2 rings (SSSR count). The Morgan fingerprint density at radius 1 is 1.33 bits per heavy atom. The lowest BCUT2D eigenvalue weighted by molar-refractivity contribution is -0.0268. The van der Waals surface area contributed by atoms with E-state index in [1.165, 1.54) is 0 Å². The first kappa shape index (κ1) is 13.8. The van der Waals surface area contributed by atoms with Crippen LogP contribution in [0.1, 0.15) is 26.7 Å². The molecule has 1 unspecified atom stereocenters. The number of morpholine rings is 1. The van der Waals surface area contributed by atoms with Crippen LogP contribution in [0.15, 0.2) is 11.8 Å². The van der Waals surface area contributed by atoms with Crippen molar-refractivity contribution in [2.45, 2.75) is 38.3 Å². The summed E-state index contributed by atoms with van der Waals surface area (Å²) in [4.78, 5) is 2.42. The number of hydrogen-bond acceptors (Lipinski definition) is 5. The highest BCUT2D eigenvalue weighted by Crippen LogP contribution is 2.27. The molecule has 0 saturated carbocycles. The number of nitrogens with zero attached hydrogens (tertiary/aromatic N) is 1. The maximum Gasteiger partial charge on any atom is 0.112 e. The Kier molecular flexibility index (Phi) is 4.61. The van der Waals surface area contributed by atoms with Gasteiger partial charge < -0.3 is 9.47 Å². The summed E-state index contributed by atoms with van der Waals surface area (Å²) in [6.45, 7) is 8.69. The van der Waals surface area contributed by atoms with E-state index in [2.05, 4.69) is 30.2 Å². The number of nitrogens with two attached hydrogens (primary N) is 1. The van der Waals surface area contributed by atoms with E-state index >= 15 is 0 Å². The van der Waals surface area contributed by atoms with Crippen LogP contribution in [0.5, 0.6) is 0 Å². The molecule has 0 spiro atoms. The number of nitrogens with one attached hydrogen (secondary N) is 1. The van der Waals surface area contributed by atoms with Gasteiger partial charge in [0.2, 0.25) is 0 Å². The molecule has 1 atom stereocenters. The molecule has 0 aromatic heterocycles. The predicted molar refractivity (Wildman–Crippen MR) is 70.9 cm³/mol. The minimum atomic E-state index is -0.0816. The van der Waals surface area contributed by atoms with Crippen LogP contribution in [0.4, 0.5) is 0 Å². The molecule has 0 amide bonds. The molecule has 0 aliphatic carbocycles. The van der Waals surface area contributed by atoms with Crippen LogP contribution in [-0.4, -0.2) is 49.4 Å². The molecule has 2 aliphatic rings. The van der Waals surface area contributed by atoms with Gasteiger partial charge in [0, 0.05) is 18.6 Å². The number of hydrogen-bond donors (Lipinski definition) is 2. The third-order valence-corrected chi connectivity index (χ3v) is 3.95. The lowest BCUT2D eigenvalue weighted by Crippen LogP contribution is -2.62. The molecule has 5 heteroatoms. The van der Waals surface area contributed by atoms with Crippen molar-refractivity contribution < 1.29 is 9.47 Å². The second-order valence-corrected chi connectivity index (χ2v) is 5.45. The van der Waals surface area contributed by atoms with Gasteiger partial charge in [-0.2, -0.15) is 0 Å². The van der Waals surface area contributed by atoms with E-state index in [-0.39, 0.29) is 11.6 Å². The number of allylic oxidation sites excluding steroid dienone is 1. The summed E-state index contributed by atoms with van der Waals surface area (Å²) in [5.74, 6) is 6.75. The highest BCUT2D eigenvalue weighted by Gasteiger charge is 2.39. The Morgan fingerprint density at radius 3 is 2.61 bits per heavy atom. The first-order chi connectivity index (χ1) is 8.66. The molecule has 0 aromatic carbocycles. The molecule has 5 nitrogen and oxygen atoms in total. The van der Waals surface area contributed by atoms with Crippen LogP contribution >= 0.6 is 0 Å². The first-order valence-corrected chi connectivity index (χ1v) is 6.78. The van der Waals surface area contributed by atoms with Crippen molar-refractivity contribution in [1.29, 1.82) is 0 Å². The monoisotopic (exact) mass is 255 g/mol. The van der Waals surface area contributed by atoms with Crippen LogP contribution in [0.2, 0.25) is 0 Å².